The van der Waals surface area contributed by atoms with Crippen LogP contribution in [-0.4, -0.2) is 87.8 Å². The van der Waals surface area contributed by atoms with E-state index >= 15 is 0 Å². The second-order valence-electron chi connectivity index (χ2n) is 8.26. The number of anilines is 1. The Labute approximate surface area is 178 Å². The third kappa shape index (κ3) is 3.83. The van der Waals surface area contributed by atoms with Crippen molar-refractivity contribution in [2.24, 2.45) is 0 Å². The van der Waals surface area contributed by atoms with Crippen LogP contribution in [0.15, 0.2) is 18.2 Å². The molecule has 11 heteroatoms. The van der Waals surface area contributed by atoms with E-state index in [9.17, 15) is 21.6 Å². The van der Waals surface area contributed by atoms with Crippen LogP contribution in [0.25, 0.3) is 0 Å². The first-order valence-electron chi connectivity index (χ1n) is 10.3. The minimum atomic E-state index is -3.44. The number of piperazine rings is 1. The maximum Gasteiger partial charge on any atom is 0.282 e. The molecule has 0 aromatic heterocycles. The zero-order valence-electron chi connectivity index (χ0n) is 17.3. The molecule has 1 aromatic rings. The van der Waals surface area contributed by atoms with Crippen molar-refractivity contribution >= 4 is 31.8 Å². The summed E-state index contributed by atoms with van der Waals surface area (Å²) in [6.07, 6.45) is 3.54. The summed E-state index contributed by atoms with van der Waals surface area (Å²) >= 11 is 0. The van der Waals surface area contributed by atoms with Crippen molar-refractivity contribution in [1.29, 1.82) is 0 Å². The molecule has 0 spiro atoms. The minimum absolute atomic E-state index is 0.151. The van der Waals surface area contributed by atoms with Gasteiger partial charge in [-0.25, -0.2) is 8.42 Å². The molecule has 3 heterocycles. The van der Waals surface area contributed by atoms with Crippen molar-refractivity contribution in [3.63, 3.8) is 0 Å². The average molecular weight is 457 g/mol. The monoisotopic (exact) mass is 456 g/mol. The first-order chi connectivity index (χ1) is 14.1. The molecular weight excluding hydrogens is 428 g/mol. The van der Waals surface area contributed by atoms with Crippen LogP contribution in [-0.2, 0) is 26.7 Å². The maximum absolute atomic E-state index is 13.0. The van der Waals surface area contributed by atoms with Gasteiger partial charge in [-0.3, -0.25) is 9.10 Å². The van der Waals surface area contributed by atoms with E-state index in [-0.39, 0.29) is 25.0 Å². The maximum atomic E-state index is 13.0. The highest BCUT2D eigenvalue weighted by Crippen LogP contribution is 2.35. The Kier molecular flexibility index (Phi) is 5.58. The largest absolute Gasteiger partial charge is 0.336 e. The number of fused-ring (bicyclic) bond motifs is 1. The van der Waals surface area contributed by atoms with Gasteiger partial charge in [0.25, 0.3) is 16.1 Å². The van der Waals surface area contributed by atoms with Crippen LogP contribution in [0.5, 0.6) is 0 Å². The zero-order valence-corrected chi connectivity index (χ0v) is 19.0. The van der Waals surface area contributed by atoms with Gasteiger partial charge in [-0.1, -0.05) is 0 Å². The smallest absolute Gasteiger partial charge is 0.282 e. The molecule has 2 fully saturated rings. The van der Waals surface area contributed by atoms with Gasteiger partial charge in [-0.05, 0) is 49.9 Å². The molecule has 9 nitrogen and oxygen atoms in total. The molecule has 1 aromatic carbocycles. The first kappa shape index (κ1) is 21.5. The van der Waals surface area contributed by atoms with Gasteiger partial charge in [0, 0.05) is 50.9 Å². The van der Waals surface area contributed by atoms with E-state index in [1.165, 1.54) is 19.2 Å². The summed E-state index contributed by atoms with van der Waals surface area (Å²) in [5, 5.41) is 0. The van der Waals surface area contributed by atoms with Gasteiger partial charge >= 0.3 is 0 Å². The van der Waals surface area contributed by atoms with Crippen molar-refractivity contribution in [1.82, 2.24) is 13.5 Å². The van der Waals surface area contributed by atoms with E-state index in [1.807, 2.05) is 6.92 Å². The van der Waals surface area contributed by atoms with Crippen LogP contribution >= 0.6 is 0 Å². The summed E-state index contributed by atoms with van der Waals surface area (Å²) in [6.45, 7) is 4.24. The highest BCUT2D eigenvalue weighted by Gasteiger charge is 2.36. The van der Waals surface area contributed by atoms with Gasteiger partial charge in [0.05, 0.1) is 11.9 Å². The fraction of sp³-hybridized carbons (Fsp3) is 0.632. The number of carbonyl (C=O) groups is 1. The van der Waals surface area contributed by atoms with Crippen molar-refractivity contribution < 1.29 is 21.6 Å². The Morgan fingerprint density at radius 3 is 2.13 bits per heavy atom. The number of hydrogen-bond donors (Lipinski definition) is 0. The summed E-state index contributed by atoms with van der Waals surface area (Å²) in [7, 11) is -6.82. The summed E-state index contributed by atoms with van der Waals surface area (Å²) in [5.41, 5.74) is 1.98. The lowest BCUT2D eigenvalue weighted by molar-refractivity contribution is 0.0694. The normalized spacial score (nSPS) is 23.7. The third-order valence-electron chi connectivity index (χ3n) is 6.08. The molecule has 3 aliphatic rings. The van der Waals surface area contributed by atoms with Crippen molar-refractivity contribution in [3.8, 4) is 0 Å². The van der Waals surface area contributed by atoms with Crippen LogP contribution in [0, 0.1) is 0 Å². The Morgan fingerprint density at radius 2 is 1.53 bits per heavy atom. The van der Waals surface area contributed by atoms with Gasteiger partial charge in [0.15, 0.2) is 0 Å². The highest BCUT2D eigenvalue weighted by molar-refractivity contribution is 7.92. The van der Waals surface area contributed by atoms with Gasteiger partial charge in [0.2, 0.25) is 10.0 Å². The van der Waals surface area contributed by atoms with Crippen LogP contribution in [0.3, 0.4) is 0 Å². The molecule has 4 rings (SSSR count). The lowest BCUT2D eigenvalue weighted by Gasteiger charge is -2.35. The lowest BCUT2D eigenvalue weighted by Crippen LogP contribution is -2.53. The minimum Gasteiger partial charge on any atom is -0.336 e. The lowest BCUT2D eigenvalue weighted by atomic mass is 10.1. The van der Waals surface area contributed by atoms with Crippen molar-refractivity contribution in [2.75, 3.05) is 49.8 Å². The number of rotatable bonds is 4. The number of nitrogens with zero attached hydrogens (tertiary/aromatic N) is 4. The molecule has 0 N–H and O–H groups in total. The van der Waals surface area contributed by atoms with Crippen LogP contribution in [0.1, 0.15) is 35.7 Å². The van der Waals surface area contributed by atoms with E-state index in [1.54, 1.807) is 23.1 Å². The summed E-state index contributed by atoms with van der Waals surface area (Å²) in [5.74, 6) is -0.151. The molecule has 166 valence electrons. The molecule has 0 saturated carbocycles. The van der Waals surface area contributed by atoms with E-state index in [0.717, 1.165) is 18.4 Å². The van der Waals surface area contributed by atoms with E-state index in [0.29, 0.717) is 43.9 Å². The van der Waals surface area contributed by atoms with Crippen LogP contribution < -0.4 is 4.31 Å². The third-order valence-corrected chi connectivity index (χ3v) is 9.39. The summed E-state index contributed by atoms with van der Waals surface area (Å²) < 4.78 is 53.9. The van der Waals surface area contributed by atoms with Gasteiger partial charge in [0.1, 0.15) is 0 Å². The molecule has 1 unspecified atom stereocenters. The Bertz CT molecular complexity index is 1040. The number of hydrogen-bond acceptors (Lipinski definition) is 5. The number of sulfonamides is 1. The summed E-state index contributed by atoms with van der Waals surface area (Å²) in [6, 6.07) is 4.94. The predicted octanol–water partition coefficient (Wildman–Crippen LogP) is 0.496. The van der Waals surface area contributed by atoms with Gasteiger partial charge < -0.3 is 4.90 Å². The molecule has 3 aliphatic heterocycles. The molecule has 2 saturated heterocycles. The average Bonchev–Trinajstić information content (AvgIpc) is 3.34. The molecule has 1 atom stereocenters. The molecule has 30 heavy (non-hydrogen) atoms. The summed E-state index contributed by atoms with van der Waals surface area (Å²) in [4.78, 5) is 14.7. The van der Waals surface area contributed by atoms with Crippen molar-refractivity contribution in [2.45, 2.75) is 32.2 Å². The molecular formula is C19H28N4O5S2. The second-order valence-corrected chi connectivity index (χ2v) is 12.0. The van der Waals surface area contributed by atoms with Crippen LogP contribution in [0.4, 0.5) is 5.69 Å². The molecule has 1 amide bonds. The Morgan fingerprint density at radius 1 is 0.933 bits per heavy atom. The SMILES string of the molecule is CC1Cc2cc(C(=O)N3CCN(S(=O)(=O)N4CCCC4)CC3)ccc2N1S(C)(=O)=O. The standard InChI is InChI=1S/C19H28N4O5S2/c1-15-13-17-14-16(5-6-18(17)23(15)29(2,25)26)19(24)20-9-11-22(12-10-20)30(27,28)21-7-3-4-8-21/h5-6,14-15H,3-4,7-13H2,1-2H3. The van der Waals surface area contributed by atoms with Gasteiger partial charge in [-0.2, -0.15) is 17.0 Å². The van der Waals surface area contributed by atoms with E-state index in [2.05, 4.69) is 0 Å². The fourth-order valence-corrected chi connectivity index (χ4v) is 7.56. The predicted molar refractivity (Wildman–Crippen MR) is 114 cm³/mol. The number of carbonyl (C=O) groups excluding carboxylic acids is 1. The molecule has 0 aliphatic carbocycles. The first-order valence-corrected chi connectivity index (χ1v) is 13.5. The zero-order chi connectivity index (χ0) is 21.7. The van der Waals surface area contributed by atoms with Crippen LogP contribution in [0.2, 0.25) is 0 Å². The topological polar surface area (TPSA) is 98.3 Å². The van der Waals surface area contributed by atoms with E-state index in [4.69, 9.17) is 0 Å². The molecule has 0 bridgehead atoms. The van der Waals surface area contributed by atoms with Crippen molar-refractivity contribution in [3.05, 3.63) is 29.3 Å². The van der Waals surface area contributed by atoms with E-state index < -0.39 is 20.2 Å². The highest BCUT2D eigenvalue weighted by atomic mass is 32.2. The Balaban J connectivity index is 1.45. The number of benzene rings is 1. The van der Waals surface area contributed by atoms with Gasteiger partial charge in [-0.15, -0.1) is 0 Å². The number of amides is 1. The second kappa shape index (κ2) is 7.77. The molecule has 0 radical (unpaired) electrons. The Hall–Kier alpha value is -1.69. The quantitative estimate of drug-likeness (QED) is 0.657. The fourth-order valence-electron chi connectivity index (χ4n) is 4.63.